The zero-order chi connectivity index (χ0) is 45.0. The van der Waals surface area contributed by atoms with Gasteiger partial charge in [0, 0.05) is 88.8 Å². The van der Waals surface area contributed by atoms with Crippen molar-refractivity contribution in [2.75, 3.05) is 82.7 Å². The third-order valence-electron chi connectivity index (χ3n) is 12.2. The van der Waals surface area contributed by atoms with Gasteiger partial charge < -0.3 is 43.9 Å². The van der Waals surface area contributed by atoms with Crippen LogP contribution < -0.4 is 35.6 Å². The lowest BCUT2D eigenvalue weighted by Crippen LogP contribution is -2.54. The third kappa shape index (κ3) is 9.52. The molecule has 3 aromatic carbocycles. The number of carbonyl (C=O) groups is 4. The first-order valence-electron chi connectivity index (χ1n) is 21.2. The van der Waals surface area contributed by atoms with Crippen LogP contribution in [-0.2, 0) is 34.5 Å². The number of aromatic nitrogens is 2. The number of rotatable bonds is 15. The minimum absolute atomic E-state index is 0.0265. The van der Waals surface area contributed by atoms with Crippen LogP contribution in [0, 0.1) is 0 Å². The number of ether oxygens (including phenoxy) is 2. The van der Waals surface area contributed by atoms with E-state index in [9.17, 15) is 23.7 Å². The molecule has 0 bridgehead atoms. The molecule has 4 aromatic rings. The van der Waals surface area contributed by atoms with Gasteiger partial charge in [0.15, 0.2) is 5.82 Å². The molecule has 8 rings (SSSR count). The lowest BCUT2D eigenvalue weighted by atomic mass is 10.0. The van der Waals surface area contributed by atoms with Crippen LogP contribution in [0.5, 0.6) is 11.5 Å². The minimum Gasteiger partial charge on any atom is -0.494 e. The Morgan fingerprint density at radius 1 is 0.891 bits per heavy atom. The maximum Gasteiger partial charge on any atom is 0.362 e. The molecule has 4 aliphatic rings. The standard InChI is InChI=1S/C44H51ClN9O9P/c1-60-37-25-29(11-12-33(37)48-44-46-26-32(45)41(50-44)47-34-8-4-5-10-38(34)64(59,61-2)62-3)51-18-15-28(16-19-51)52-20-22-53(23-21-52)40(56)17-24-63-36-9-6-7-30-31(36)27-54(43(30)58)35-13-14-39(55)49-42(35)57/h4-12,25-26,28,35H,13-24,27H2,1-3H3,(H,49,55,57)(H2,46,47,48,50). The highest BCUT2D eigenvalue weighted by molar-refractivity contribution is 7.62. The molecule has 1 unspecified atom stereocenters. The second-order valence-corrected chi connectivity index (χ2v) is 18.4. The number of carbonyl (C=O) groups excluding carboxylic acids is 4. The average Bonchev–Trinajstić information content (AvgIpc) is 3.66. The first-order chi connectivity index (χ1) is 31.0. The van der Waals surface area contributed by atoms with Gasteiger partial charge in [-0.3, -0.25) is 34.0 Å². The molecule has 18 nitrogen and oxygen atoms in total. The van der Waals surface area contributed by atoms with Crippen LogP contribution in [0.2, 0.25) is 5.02 Å². The SMILES string of the molecule is COc1cc(N2CCC(N3CCN(C(=O)CCOc4cccc5c4CN(C4CCC(=O)NC4=O)C5=O)CC3)CC2)ccc1Nc1ncc(Cl)c(Nc2ccccc2P(=O)(OC)OC)n1. The third-order valence-corrected chi connectivity index (χ3v) is 14.5. The average molecular weight is 916 g/mol. The first-order valence-corrected chi connectivity index (χ1v) is 23.1. The van der Waals surface area contributed by atoms with Gasteiger partial charge in [-0.2, -0.15) is 4.98 Å². The van der Waals surface area contributed by atoms with Gasteiger partial charge in [-0.25, -0.2) is 4.98 Å². The van der Waals surface area contributed by atoms with Crippen LogP contribution in [0.1, 0.15) is 48.0 Å². The summed E-state index contributed by atoms with van der Waals surface area (Å²) in [5.41, 5.74) is 3.32. The Morgan fingerprint density at radius 2 is 1.66 bits per heavy atom. The fourth-order valence-electron chi connectivity index (χ4n) is 8.76. The number of hydrogen-bond donors (Lipinski definition) is 3. The molecule has 0 aliphatic carbocycles. The van der Waals surface area contributed by atoms with Crippen molar-refractivity contribution in [3.05, 3.63) is 83.0 Å². The molecule has 0 saturated carbocycles. The summed E-state index contributed by atoms with van der Waals surface area (Å²) in [4.78, 5) is 67.7. The maximum absolute atomic E-state index is 13.3. The Morgan fingerprint density at radius 3 is 2.39 bits per heavy atom. The number of anilines is 5. The van der Waals surface area contributed by atoms with Crippen LogP contribution in [0.25, 0.3) is 0 Å². The second-order valence-electron chi connectivity index (χ2n) is 15.8. The number of imide groups is 1. The smallest absolute Gasteiger partial charge is 0.362 e. The number of halogens is 1. The van der Waals surface area contributed by atoms with E-state index in [-0.39, 0.29) is 66.9 Å². The van der Waals surface area contributed by atoms with Crippen LogP contribution >= 0.6 is 19.2 Å². The molecular weight excluding hydrogens is 865 g/mol. The van der Waals surface area contributed by atoms with Crippen molar-refractivity contribution in [2.45, 2.75) is 50.7 Å². The summed E-state index contributed by atoms with van der Waals surface area (Å²) in [5, 5.41) is 9.29. The van der Waals surface area contributed by atoms with E-state index < -0.39 is 19.5 Å². The summed E-state index contributed by atoms with van der Waals surface area (Å²) in [6.07, 6.45) is 4.11. The van der Waals surface area contributed by atoms with Gasteiger partial charge in [0.2, 0.25) is 23.7 Å². The molecule has 64 heavy (non-hydrogen) atoms. The van der Waals surface area contributed by atoms with E-state index in [1.54, 1.807) is 49.6 Å². The summed E-state index contributed by atoms with van der Waals surface area (Å²) in [6.45, 7) is 5.00. The van der Waals surface area contributed by atoms with Crippen LogP contribution in [0.15, 0.2) is 66.9 Å². The molecule has 20 heteroatoms. The number of piperidine rings is 2. The van der Waals surface area contributed by atoms with Crippen molar-refractivity contribution in [1.82, 2.24) is 30.0 Å². The quantitative estimate of drug-likeness (QED) is 0.105. The monoisotopic (exact) mass is 915 g/mol. The Hall–Kier alpha value is -5.78. The number of para-hydroxylation sites is 1. The van der Waals surface area contributed by atoms with Crippen molar-refractivity contribution in [1.29, 1.82) is 0 Å². The first kappa shape index (κ1) is 44.8. The molecular formula is C44H51ClN9O9P. The number of piperazine rings is 1. The van der Waals surface area contributed by atoms with E-state index in [2.05, 4.69) is 35.7 Å². The normalized spacial score (nSPS) is 18.5. The lowest BCUT2D eigenvalue weighted by Gasteiger charge is -2.43. The molecule has 4 aliphatic heterocycles. The summed E-state index contributed by atoms with van der Waals surface area (Å²) in [5.74, 6) is 0.665. The van der Waals surface area contributed by atoms with E-state index in [1.807, 2.05) is 23.1 Å². The highest BCUT2D eigenvalue weighted by Crippen LogP contribution is 2.47. The number of nitrogens with one attached hydrogen (secondary N) is 3. The van der Waals surface area contributed by atoms with Crippen LogP contribution in [0.4, 0.5) is 28.8 Å². The van der Waals surface area contributed by atoms with E-state index in [0.717, 1.165) is 44.7 Å². The molecule has 1 aromatic heterocycles. The van der Waals surface area contributed by atoms with Gasteiger partial charge in [-0.15, -0.1) is 0 Å². The zero-order valence-corrected chi connectivity index (χ0v) is 37.5. The van der Waals surface area contributed by atoms with Crippen molar-refractivity contribution in [2.24, 2.45) is 0 Å². The Bertz CT molecular complexity index is 2450. The number of benzene rings is 3. The van der Waals surface area contributed by atoms with Gasteiger partial charge in [0.05, 0.1) is 49.6 Å². The van der Waals surface area contributed by atoms with E-state index in [1.165, 1.54) is 25.3 Å². The fraction of sp³-hybridized carbons (Fsp3) is 0.409. The predicted octanol–water partition coefficient (Wildman–Crippen LogP) is 5.08. The number of fused-ring (bicyclic) bond motifs is 1. The number of nitrogens with zero attached hydrogens (tertiary/aromatic N) is 6. The fourth-order valence-corrected chi connectivity index (χ4v) is 10.1. The van der Waals surface area contributed by atoms with E-state index in [0.29, 0.717) is 58.4 Å². The van der Waals surface area contributed by atoms with Gasteiger partial charge in [0.25, 0.3) is 5.91 Å². The molecule has 3 fully saturated rings. The number of amides is 4. The van der Waals surface area contributed by atoms with E-state index >= 15 is 0 Å². The molecule has 3 saturated heterocycles. The van der Waals surface area contributed by atoms with Gasteiger partial charge in [0.1, 0.15) is 22.6 Å². The van der Waals surface area contributed by atoms with E-state index in [4.69, 9.17) is 30.1 Å². The molecule has 5 heterocycles. The molecule has 1 atom stereocenters. The molecule has 0 radical (unpaired) electrons. The summed E-state index contributed by atoms with van der Waals surface area (Å²) in [7, 11) is 0.687. The second kappa shape index (κ2) is 19.5. The predicted molar refractivity (Wildman–Crippen MR) is 240 cm³/mol. The van der Waals surface area contributed by atoms with Crippen molar-refractivity contribution in [3.8, 4) is 11.5 Å². The highest BCUT2D eigenvalue weighted by Gasteiger charge is 2.40. The Balaban J connectivity index is 0.798. The van der Waals surface area contributed by atoms with Gasteiger partial charge in [-0.05, 0) is 55.7 Å². The lowest BCUT2D eigenvalue weighted by molar-refractivity contribution is -0.137. The summed E-state index contributed by atoms with van der Waals surface area (Å²) < 4.78 is 35.5. The van der Waals surface area contributed by atoms with Gasteiger partial charge >= 0.3 is 7.60 Å². The molecule has 338 valence electrons. The Kier molecular flexibility index (Phi) is 13.7. The molecule has 3 N–H and O–H groups in total. The topological polar surface area (TPSA) is 197 Å². The van der Waals surface area contributed by atoms with Gasteiger partial charge in [-0.1, -0.05) is 29.8 Å². The highest BCUT2D eigenvalue weighted by atomic mass is 35.5. The maximum atomic E-state index is 13.3. The van der Waals surface area contributed by atoms with Crippen molar-refractivity contribution in [3.63, 3.8) is 0 Å². The Labute approximate surface area is 376 Å². The largest absolute Gasteiger partial charge is 0.494 e. The van der Waals surface area contributed by atoms with Crippen LogP contribution in [0.3, 0.4) is 0 Å². The zero-order valence-electron chi connectivity index (χ0n) is 35.9. The summed E-state index contributed by atoms with van der Waals surface area (Å²) >= 11 is 6.48. The number of methoxy groups -OCH3 is 1. The summed E-state index contributed by atoms with van der Waals surface area (Å²) in [6, 6.07) is 17.8. The van der Waals surface area contributed by atoms with Crippen molar-refractivity contribution >= 4 is 77.0 Å². The van der Waals surface area contributed by atoms with Crippen molar-refractivity contribution < 1.29 is 42.3 Å². The van der Waals surface area contributed by atoms with Crippen LogP contribution in [-0.4, -0.2) is 128 Å². The molecule has 4 amide bonds. The minimum atomic E-state index is -3.58. The molecule has 0 spiro atoms. The number of hydrogen-bond acceptors (Lipinski definition) is 15.